The number of rotatable bonds is 5. The average molecular weight is 291 g/mol. The molecule has 0 saturated carbocycles. The first-order valence-corrected chi connectivity index (χ1v) is 7.21. The van der Waals surface area contributed by atoms with Gasteiger partial charge in [0.2, 0.25) is 11.8 Å². The molecule has 1 atom stereocenters. The third kappa shape index (κ3) is 3.71. The van der Waals surface area contributed by atoms with Crippen molar-refractivity contribution in [2.75, 3.05) is 13.1 Å². The highest BCUT2D eigenvalue weighted by Crippen LogP contribution is 2.15. The topological polar surface area (TPSA) is 71.4 Å². The van der Waals surface area contributed by atoms with E-state index in [1.807, 2.05) is 13.8 Å². The number of piperazine rings is 1. The Labute approximate surface area is 123 Å². The molecule has 1 aliphatic heterocycles. The van der Waals surface area contributed by atoms with Gasteiger partial charge in [-0.2, -0.15) is 0 Å². The van der Waals surface area contributed by atoms with Crippen molar-refractivity contribution in [3.8, 4) is 0 Å². The van der Waals surface area contributed by atoms with Crippen LogP contribution in [-0.4, -0.2) is 40.4 Å². The molecule has 1 aliphatic rings. The maximum atomic E-state index is 12.1. The standard InChI is InChI=1S/C15H21N3O3/c1-11(2)9-12-15(21)16-10-14(20)18(12)8-7-17-6-4-3-5-13(17)19/h3-6,11-12H,7-10H2,1-2H3,(H,16,21). The van der Waals surface area contributed by atoms with Crippen LogP contribution in [-0.2, 0) is 16.1 Å². The van der Waals surface area contributed by atoms with Crippen LogP contribution in [0.2, 0.25) is 0 Å². The largest absolute Gasteiger partial charge is 0.345 e. The molecule has 114 valence electrons. The fraction of sp³-hybridized carbons (Fsp3) is 0.533. The summed E-state index contributed by atoms with van der Waals surface area (Å²) in [7, 11) is 0. The Balaban J connectivity index is 2.10. The Kier molecular flexibility index (Phi) is 4.77. The number of carbonyl (C=O) groups excluding carboxylic acids is 2. The molecule has 21 heavy (non-hydrogen) atoms. The molecule has 2 amide bonds. The highest BCUT2D eigenvalue weighted by atomic mass is 16.2. The van der Waals surface area contributed by atoms with E-state index < -0.39 is 6.04 Å². The molecule has 0 aliphatic carbocycles. The summed E-state index contributed by atoms with van der Waals surface area (Å²) in [6.45, 7) is 4.84. The predicted molar refractivity (Wildman–Crippen MR) is 78.7 cm³/mol. The zero-order valence-corrected chi connectivity index (χ0v) is 12.4. The molecule has 1 unspecified atom stereocenters. The highest BCUT2D eigenvalue weighted by Gasteiger charge is 2.34. The minimum absolute atomic E-state index is 0.0388. The zero-order chi connectivity index (χ0) is 15.4. The van der Waals surface area contributed by atoms with Crippen LogP contribution >= 0.6 is 0 Å². The molecule has 1 fully saturated rings. The van der Waals surface area contributed by atoms with Gasteiger partial charge in [-0.3, -0.25) is 14.4 Å². The van der Waals surface area contributed by atoms with Crippen molar-refractivity contribution in [1.29, 1.82) is 0 Å². The molecule has 0 radical (unpaired) electrons. The molecule has 1 aromatic heterocycles. The first-order valence-electron chi connectivity index (χ1n) is 7.21. The molecular weight excluding hydrogens is 270 g/mol. The second-order valence-corrected chi connectivity index (χ2v) is 5.68. The van der Waals surface area contributed by atoms with Crippen molar-refractivity contribution in [1.82, 2.24) is 14.8 Å². The van der Waals surface area contributed by atoms with Crippen molar-refractivity contribution < 1.29 is 9.59 Å². The molecule has 6 nitrogen and oxygen atoms in total. The van der Waals surface area contributed by atoms with Crippen molar-refractivity contribution in [2.24, 2.45) is 5.92 Å². The number of nitrogens with one attached hydrogen (secondary N) is 1. The number of amides is 2. The fourth-order valence-corrected chi connectivity index (χ4v) is 2.52. The van der Waals surface area contributed by atoms with Gasteiger partial charge in [0.25, 0.3) is 5.56 Å². The molecular formula is C15H21N3O3. The number of hydrogen-bond acceptors (Lipinski definition) is 3. The van der Waals surface area contributed by atoms with Gasteiger partial charge >= 0.3 is 0 Å². The Bertz CT molecular complexity index is 580. The molecule has 6 heteroatoms. The summed E-state index contributed by atoms with van der Waals surface area (Å²) < 4.78 is 1.55. The Morgan fingerprint density at radius 3 is 2.67 bits per heavy atom. The fourth-order valence-electron chi connectivity index (χ4n) is 2.52. The lowest BCUT2D eigenvalue weighted by Gasteiger charge is -2.36. The summed E-state index contributed by atoms with van der Waals surface area (Å²) in [5, 5.41) is 2.63. The maximum Gasteiger partial charge on any atom is 0.250 e. The van der Waals surface area contributed by atoms with E-state index in [2.05, 4.69) is 5.32 Å². The molecule has 2 rings (SSSR count). The van der Waals surface area contributed by atoms with Gasteiger partial charge in [-0.15, -0.1) is 0 Å². The van der Waals surface area contributed by atoms with Crippen molar-refractivity contribution in [3.63, 3.8) is 0 Å². The van der Waals surface area contributed by atoms with Crippen LogP contribution in [0.5, 0.6) is 0 Å². The molecule has 0 aromatic carbocycles. The second kappa shape index (κ2) is 6.56. The number of nitrogens with zero attached hydrogens (tertiary/aromatic N) is 2. The lowest BCUT2D eigenvalue weighted by atomic mass is 10.00. The summed E-state index contributed by atoms with van der Waals surface area (Å²) in [6.07, 6.45) is 2.32. The van der Waals surface area contributed by atoms with Crippen LogP contribution in [0.4, 0.5) is 0 Å². The van der Waals surface area contributed by atoms with Gasteiger partial charge in [0.05, 0.1) is 6.54 Å². The van der Waals surface area contributed by atoms with Gasteiger partial charge in [0.1, 0.15) is 6.04 Å². The van der Waals surface area contributed by atoms with Gasteiger partial charge < -0.3 is 14.8 Å². The average Bonchev–Trinajstić information content (AvgIpc) is 2.43. The van der Waals surface area contributed by atoms with Crippen LogP contribution in [0.15, 0.2) is 29.2 Å². The van der Waals surface area contributed by atoms with Gasteiger partial charge in [-0.05, 0) is 18.4 Å². The van der Waals surface area contributed by atoms with Crippen LogP contribution in [0, 0.1) is 5.92 Å². The molecule has 0 spiro atoms. The van der Waals surface area contributed by atoms with E-state index in [9.17, 15) is 14.4 Å². The number of pyridine rings is 1. The SMILES string of the molecule is CC(C)CC1C(=O)NCC(=O)N1CCn1ccccc1=O. The van der Waals surface area contributed by atoms with E-state index in [4.69, 9.17) is 0 Å². The van der Waals surface area contributed by atoms with E-state index in [-0.39, 0.29) is 23.9 Å². The maximum absolute atomic E-state index is 12.1. The van der Waals surface area contributed by atoms with Crippen LogP contribution in [0.1, 0.15) is 20.3 Å². The minimum atomic E-state index is -0.439. The van der Waals surface area contributed by atoms with E-state index >= 15 is 0 Å². The molecule has 2 heterocycles. The summed E-state index contributed by atoms with van der Waals surface area (Å²) in [6, 6.07) is 4.50. The van der Waals surface area contributed by atoms with E-state index in [0.29, 0.717) is 25.4 Å². The van der Waals surface area contributed by atoms with Gasteiger partial charge in [0.15, 0.2) is 0 Å². The third-order valence-corrected chi connectivity index (χ3v) is 3.59. The van der Waals surface area contributed by atoms with E-state index in [1.54, 1.807) is 27.8 Å². The summed E-state index contributed by atoms with van der Waals surface area (Å²) in [5.41, 5.74) is -0.105. The first kappa shape index (κ1) is 15.3. The van der Waals surface area contributed by atoms with Crippen LogP contribution in [0.25, 0.3) is 0 Å². The first-order chi connectivity index (χ1) is 9.99. The van der Waals surface area contributed by atoms with Crippen molar-refractivity contribution in [2.45, 2.75) is 32.9 Å². The van der Waals surface area contributed by atoms with Crippen LogP contribution in [0.3, 0.4) is 0 Å². The van der Waals surface area contributed by atoms with Crippen molar-refractivity contribution in [3.05, 3.63) is 34.7 Å². The van der Waals surface area contributed by atoms with E-state index in [1.165, 1.54) is 6.07 Å². The number of carbonyl (C=O) groups is 2. The van der Waals surface area contributed by atoms with Gasteiger partial charge in [0, 0.05) is 25.4 Å². The van der Waals surface area contributed by atoms with Gasteiger partial charge in [-0.25, -0.2) is 0 Å². The van der Waals surface area contributed by atoms with Gasteiger partial charge in [-0.1, -0.05) is 19.9 Å². The Hall–Kier alpha value is -2.11. The zero-order valence-electron chi connectivity index (χ0n) is 12.4. The summed E-state index contributed by atoms with van der Waals surface area (Å²) in [4.78, 5) is 37.3. The normalized spacial score (nSPS) is 19.0. The highest BCUT2D eigenvalue weighted by molar-refractivity contribution is 5.94. The quantitative estimate of drug-likeness (QED) is 0.843. The predicted octanol–water partition coefficient (Wildman–Crippen LogP) is 0.221. The third-order valence-electron chi connectivity index (χ3n) is 3.59. The monoisotopic (exact) mass is 291 g/mol. The van der Waals surface area contributed by atoms with Crippen molar-refractivity contribution >= 4 is 11.8 Å². The molecule has 1 saturated heterocycles. The minimum Gasteiger partial charge on any atom is -0.345 e. The lowest BCUT2D eigenvalue weighted by molar-refractivity contribution is -0.146. The molecule has 0 bridgehead atoms. The molecule has 1 aromatic rings. The summed E-state index contributed by atoms with van der Waals surface area (Å²) >= 11 is 0. The second-order valence-electron chi connectivity index (χ2n) is 5.68. The molecule has 1 N–H and O–H groups in total. The smallest absolute Gasteiger partial charge is 0.250 e. The number of hydrogen-bond donors (Lipinski definition) is 1. The summed E-state index contributed by atoms with van der Waals surface area (Å²) in [5.74, 6) is 0.113. The van der Waals surface area contributed by atoms with E-state index in [0.717, 1.165) is 0 Å². The lowest BCUT2D eigenvalue weighted by Crippen LogP contribution is -2.59. The Morgan fingerprint density at radius 1 is 1.24 bits per heavy atom. The van der Waals surface area contributed by atoms with Crippen LogP contribution < -0.4 is 10.9 Å². The Morgan fingerprint density at radius 2 is 2.00 bits per heavy atom. The number of aromatic nitrogens is 1.